The van der Waals surface area contributed by atoms with Gasteiger partial charge in [-0.2, -0.15) is 0 Å². The van der Waals surface area contributed by atoms with Crippen molar-refractivity contribution in [2.24, 2.45) is 5.84 Å². The van der Waals surface area contributed by atoms with Crippen molar-refractivity contribution in [2.75, 3.05) is 0 Å². The van der Waals surface area contributed by atoms with Crippen LogP contribution in [0.5, 0.6) is 0 Å². The Balaban J connectivity index is 2.04. The van der Waals surface area contributed by atoms with Crippen LogP contribution in [0.4, 0.5) is 0 Å². The Kier molecular flexibility index (Phi) is 4.00. The van der Waals surface area contributed by atoms with Gasteiger partial charge >= 0.3 is 0 Å². The Labute approximate surface area is 132 Å². The lowest BCUT2D eigenvalue weighted by Crippen LogP contribution is -2.28. The monoisotopic (exact) mass is 374 g/mol. The molecule has 0 fully saturated rings. The van der Waals surface area contributed by atoms with Crippen molar-refractivity contribution in [3.63, 3.8) is 0 Å². The van der Waals surface area contributed by atoms with Crippen molar-refractivity contribution >= 4 is 33.4 Å². The van der Waals surface area contributed by atoms with E-state index in [0.717, 1.165) is 0 Å². The van der Waals surface area contributed by atoms with Gasteiger partial charge in [-0.05, 0) is 62.7 Å². The summed E-state index contributed by atoms with van der Waals surface area (Å²) in [6.45, 7) is 0. The Hall–Kier alpha value is -1.43. The molecule has 3 heteroatoms. The summed E-state index contributed by atoms with van der Waals surface area (Å²) in [5, 5.41) is 2.48. The lowest BCUT2D eigenvalue weighted by Gasteiger charge is -2.17. The van der Waals surface area contributed by atoms with Crippen LogP contribution in [0.3, 0.4) is 0 Å². The van der Waals surface area contributed by atoms with E-state index in [4.69, 9.17) is 5.84 Å². The van der Waals surface area contributed by atoms with E-state index in [-0.39, 0.29) is 6.04 Å². The summed E-state index contributed by atoms with van der Waals surface area (Å²) in [4.78, 5) is 0. The standard InChI is InChI=1S/C17H15IN2/c18-16-9-7-13(8-10-16)17(20-19)15-6-5-12-3-1-2-4-14(12)11-15/h1-11,17,20H,19H2. The van der Waals surface area contributed by atoms with E-state index in [0.29, 0.717) is 0 Å². The smallest absolute Gasteiger partial charge is 0.0710 e. The molecule has 0 aliphatic rings. The van der Waals surface area contributed by atoms with E-state index in [1.54, 1.807) is 0 Å². The molecule has 0 radical (unpaired) electrons. The largest absolute Gasteiger partial charge is 0.271 e. The average Bonchev–Trinajstić information content (AvgIpc) is 2.50. The van der Waals surface area contributed by atoms with E-state index in [1.807, 2.05) is 0 Å². The molecule has 1 atom stereocenters. The molecule has 3 rings (SSSR count). The molecule has 3 N–H and O–H groups in total. The van der Waals surface area contributed by atoms with Gasteiger partial charge in [0.1, 0.15) is 0 Å². The van der Waals surface area contributed by atoms with Gasteiger partial charge in [0.15, 0.2) is 0 Å². The first-order valence-corrected chi connectivity index (χ1v) is 7.56. The van der Waals surface area contributed by atoms with Crippen LogP contribution in [0.15, 0.2) is 66.7 Å². The highest BCUT2D eigenvalue weighted by Crippen LogP contribution is 2.25. The van der Waals surface area contributed by atoms with Gasteiger partial charge in [0.25, 0.3) is 0 Å². The van der Waals surface area contributed by atoms with Crippen LogP contribution in [0, 0.1) is 3.57 Å². The molecule has 0 bridgehead atoms. The second-order valence-corrected chi connectivity index (χ2v) is 6.00. The number of halogens is 1. The number of hydrogen-bond donors (Lipinski definition) is 2. The Morgan fingerprint density at radius 2 is 1.45 bits per heavy atom. The van der Waals surface area contributed by atoms with Gasteiger partial charge in [0.05, 0.1) is 6.04 Å². The number of nitrogens with one attached hydrogen (secondary N) is 1. The SMILES string of the molecule is NNC(c1ccc(I)cc1)c1ccc2ccccc2c1. The maximum Gasteiger partial charge on any atom is 0.0710 e. The molecule has 0 heterocycles. The van der Waals surface area contributed by atoms with Crippen LogP contribution < -0.4 is 11.3 Å². The summed E-state index contributed by atoms with van der Waals surface area (Å²) < 4.78 is 1.22. The third-order valence-corrected chi connectivity index (χ3v) is 4.20. The number of hydrogen-bond acceptors (Lipinski definition) is 2. The topological polar surface area (TPSA) is 38.0 Å². The quantitative estimate of drug-likeness (QED) is 0.413. The highest BCUT2D eigenvalue weighted by Gasteiger charge is 2.12. The molecule has 0 spiro atoms. The lowest BCUT2D eigenvalue weighted by atomic mass is 9.97. The zero-order valence-electron chi connectivity index (χ0n) is 10.9. The van der Waals surface area contributed by atoms with Crippen LogP contribution in [0.2, 0.25) is 0 Å². The molecule has 0 saturated carbocycles. The number of fused-ring (bicyclic) bond motifs is 1. The van der Waals surface area contributed by atoms with E-state index in [9.17, 15) is 0 Å². The van der Waals surface area contributed by atoms with Crippen molar-refractivity contribution in [3.8, 4) is 0 Å². The first-order chi connectivity index (χ1) is 9.78. The van der Waals surface area contributed by atoms with Gasteiger partial charge in [-0.25, -0.2) is 5.43 Å². The fraction of sp³-hybridized carbons (Fsp3) is 0.0588. The Morgan fingerprint density at radius 3 is 2.15 bits per heavy atom. The highest BCUT2D eigenvalue weighted by molar-refractivity contribution is 14.1. The molecule has 3 aromatic rings. The minimum Gasteiger partial charge on any atom is -0.271 e. The zero-order chi connectivity index (χ0) is 13.9. The molecule has 1 unspecified atom stereocenters. The molecule has 0 saturated heterocycles. The second kappa shape index (κ2) is 5.91. The molecule has 0 aliphatic carbocycles. The van der Waals surface area contributed by atoms with Crippen LogP contribution in [0.1, 0.15) is 17.2 Å². The van der Waals surface area contributed by atoms with Gasteiger partial charge in [0, 0.05) is 3.57 Å². The molecule has 100 valence electrons. The molecule has 0 aromatic heterocycles. The van der Waals surface area contributed by atoms with Crippen molar-refractivity contribution in [1.29, 1.82) is 0 Å². The minimum atomic E-state index is 0.0107. The summed E-state index contributed by atoms with van der Waals surface area (Å²) in [6, 6.07) is 23.3. The van der Waals surface area contributed by atoms with Gasteiger partial charge < -0.3 is 0 Å². The Bertz CT molecular complexity index is 722. The van der Waals surface area contributed by atoms with E-state index in [2.05, 4.69) is 94.7 Å². The second-order valence-electron chi connectivity index (χ2n) is 4.76. The zero-order valence-corrected chi connectivity index (χ0v) is 13.0. The number of benzene rings is 3. The molecule has 0 amide bonds. The van der Waals surface area contributed by atoms with Crippen molar-refractivity contribution < 1.29 is 0 Å². The van der Waals surface area contributed by atoms with E-state index >= 15 is 0 Å². The van der Waals surface area contributed by atoms with Gasteiger partial charge in [-0.15, -0.1) is 0 Å². The molecule has 20 heavy (non-hydrogen) atoms. The first-order valence-electron chi connectivity index (χ1n) is 6.48. The van der Waals surface area contributed by atoms with Crippen molar-refractivity contribution in [3.05, 3.63) is 81.4 Å². The number of rotatable bonds is 3. The fourth-order valence-corrected chi connectivity index (χ4v) is 2.79. The summed E-state index contributed by atoms with van der Waals surface area (Å²) in [7, 11) is 0. The third-order valence-electron chi connectivity index (χ3n) is 3.48. The van der Waals surface area contributed by atoms with Gasteiger partial charge in [-0.3, -0.25) is 5.84 Å². The summed E-state index contributed by atoms with van der Waals surface area (Å²) in [5.74, 6) is 5.77. The summed E-state index contributed by atoms with van der Waals surface area (Å²) >= 11 is 2.31. The molecular weight excluding hydrogens is 359 g/mol. The maximum absolute atomic E-state index is 5.77. The normalized spacial score (nSPS) is 12.5. The molecule has 0 aliphatic heterocycles. The van der Waals surface area contributed by atoms with Gasteiger partial charge in [-0.1, -0.05) is 48.5 Å². The fourth-order valence-electron chi connectivity index (χ4n) is 2.43. The average molecular weight is 374 g/mol. The molecule has 3 aromatic carbocycles. The first kappa shape index (κ1) is 13.5. The predicted molar refractivity (Wildman–Crippen MR) is 92.3 cm³/mol. The number of hydrazine groups is 1. The predicted octanol–water partition coefficient (Wildman–Crippen LogP) is 4.00. The molecule has 2 nitrogen and oxygen atoms in total. The Morgan fingerprint density at radius 1 is 0.800 bits per heavy atom. The summed E-state index contributed by atoms with van der Waals surface area (Å²) in [5.41, 5.74) is 5.26. The summed E-state index contributed by atoms with van der Waals surface area (Å²) in [6.07, 6.45) is 0. The van der Waals surface area contributed by atoms with E-state index < -0.39 is 0 Å². The highest BCUT2D eigenvalue weighted by atomic mass is 127. The van der Waals surface area contributed by atoms with Crippen LogP contribution >= 0.6 is 22.6 Å². The van der Waals surface area contributed by atoms with Crippen molar-refractivity contribution in [1.82, 2.24) is 5.43 Å². The lowest BCUT2D eigenvalue weighted by molar-refractivity contribution is 0.637. The molecular formula is C17H15IN2. The van der Waals surface area contributed by atoms with Crippen LogP contribution in [0.25, 0.3) is 10.8 Å². The minimum absolute atomic E-state index is 0.0107. The van der Waals surface area contributed by atoms with Crippen LogP contribution in [-0.4, -0.2) is 0 Å². The van der Waals surface area contributed by atoms with E-state index in [1.165, 1.54) is 25.5 Å². The van der Waals surface area contributed by atoms with Gasteiger partial charge in [0.2, 0.25) is 0 Å². The van der Waals surface area contributed by atoms with Crippen LogP contribution in [-0.2, 0) is 0 Å². The third kappa shape index (κ3) is 2.70. The number of nitrogens with two attached hydrogens (primary N) is 1. The maximum atomic E-state index is 5.77. The van der Waals surface area contributed by atoms with Crippen molar-refractivity contribution in [2.45, 2.75) is 6.04 Å².